The molecule has 0 radical (unpaired) electrons. The van der Waals surface area contributed by atoms with Crippen molar-refractivity contribution in [2.75, 3.05) is 7.11 Å². The van der Waals surface area contributed by atoms with Gasteiger partial charge in [0.15, 0.2) is 11.5 Å². The molecule has 3 nitrogen and oxygen atoms in total. The number of methoxy groups -OCH3 is 1. The molecule has 0 spiro atoms. The maximum atomic E-state index is 11.7. The van der Waals surface area contributed by atoms with E-state index in [2.05, 4.69) is 6.92 Å². The third-order valence-electron chi connectivity index (χ3n) is 2.49. The van der Waals surface area contributed by atoms with Gasteiger partial charge in [-0.05, 0) is 13.3 Å². The number of carbonyl (C=O) groups excluding carboxylic acids is 2. The number of ether oxygens (including phenoxy) is 1. The summed E-state index contributed by atoms with van der Waals surface area (Å²) < 4.78 is 4.91. The van der Waals surface area contributed by atoms with E-state index in [1.54, 1.807) is 13.0 Å². The van der Waals surface area contributed by atoms with Crippen molar-refractivity contribution in [1.29, 1.82) is 0 Å². The van der Waals surface area contributed by atoms with Crippen molar-refractivity contribution < 1.29 is 14.3 Å². The molecule has 15 heavy (non-hydrogen) atoms. The molecule has 3 heteroatoms. The average Bonchev–Trinajstić information content (AvgIpc) is 2.42. The van der Waals surface area contributed by atoms with Crippen LogP contribution in [0.3, 0.4) is 0 Å². The van der Waals surface area contributed by atoms with Crippen molar-refractivity contribution in [2.45, 2.75) is 33.1 Å². The standard InChI is InChI=1S/C12H16O3/c1-4-5-6-7-9-10(13)8(2)12(15-3)11(9)14/h7H,4-6H2,1-3H3/b9-7+. The minimum absolute atomic E-state index is 0.187. The van der Waals surface area contributed by atoms with Crippen LogP contribution in [0.25, 0.3) is 0 Å². The molecule has 0 aromatic rings. The van der Waals surface area contributed by atoms with E-state index in [0.717, 1.165) is 19.3 Å². The molecule has 0 saturated carbocycles. The first kappa shape index (κ1) is 11.7. The summed E-state index contributed by atoms with van der Waals surface area (Å²) in [6, 6.07) is 0. The second kappa shape index (κ2) is 4.91. The van der Waals surface area contributed by atoms with Gasteiger partial charge in [-0.2, -0.15) is 0 Å². The summed E-state index contributed by atoms with van der Waals surface area (Å²) in [5.74, 6) is -0.258. The Morgan fingerprint density at radius 1 is 1.27 bits per heavy atom. The van der Waals surface area contributed by atoms with Gasteiger partial charge in [0.1, 0.15) is 0 Å². The van der Waals surface area contributed by atoms with Gasteiger partial charge in [0.2, 0.25) is 5.78 Å². The molecular weight excluding hydrogens is 192 g/mol. The first-order valence-corrected chi connectivity index (χ1v) is 5.17. The van der Waals surface area contributed by atoms with Crippen LogP contribution in [0.2, 0.25) is 0 Å². The molecule has 0 N–H and O–H groups in total. The predicted octanol–water partition coefficient (Wildman–Crippen LogP) is 2.18. The molecule has 0 atom stereocenters. The lowest BCUT2D eigenvalue weighted by molar-refractivity contribution is -0.117. The number of hydrogen-bond donors (Lipinski definition) is 0. The van der Waals surface area contributed by atoms with Crippen LogP contribution in [0.4, 0.5) is 0 Å². The highest BCUT2D eigenvalue weighted by molar-refractivity contribution is 6.37. The fraction of sp³-hybridized carbons (Fsp3) is 0.500. The van der Waals surface area contributed by atoms with Gasteiger partial charge in [-0.3, -0.25) is 9.59 Å². The molecule has 0 aliphatic heterocycles. The highest BCUT2D eigenvalue weighted by atomic mass is 16.5. The van der Waals surface area contributed by atoms with Crippen LogP contribution >= 0.6 is 0 Å². The fourth-order valence-corrected chi connectivity index (χ4v) is 1.58. The number of allylic oxidation sites excluding steroid dienone is 3. The number of Topliss-reactive ketones (excluding diaryl/α,β-unsaturated/α-hetero) is 2. The second-order valence-electron chi connectivity index (χ2n) is 3.58. The molecule has 0 aromatic heterocycles. The number of carbonyl (C=O) groups is 2. The number of ketones is 2. The first-order chi connectivity index (χ1) is 7.13. The Balaban J connectivity index is 2.86. The second-order valence-corrected chi connectivity index (χ2v) is 3.58. The normalized spacial score (nSPS) is 19.3. The monoisotopic (exact) mass is 208 g/mol. The van der Waals surface area contributed by atoms with Crippen LogP contribution in [0.1, 0.15) is 33.1 Å². The van der Waals surface area contributed by atoms with Crippen molar-refractivity contribution in [1.82, 2.24) is 0 Å². The molecule has 1 aliphatic rings. The minimum atomic E-state index is -0.267. The SMILES string of the molecule is CCCC/C=C1\C(=O)C(C)=C(OC)C1=O. The molecule has 82 valence electrons. The zero-order valence-corrected chi connectivity index (χ0v) is 9.42. The minimum Gasteiger partial charge on any atom is -0.492 e. The quantitative estimate of drug-likeness (QED) is 0.404. The van der Waals surface area contributed by atoms with Crippen molar-refractivity contribution in [3.05, 3.63) is 23.0 Å². The van der Waals surface area contributed by atoms with Crippen LogP contribution in [-0.2, 0) is 14.3 Å². The Morgan fingerprint density at radius 2 is 1.93 bits per heavy atom. The largest absolute Gasteiger partial charge is 0.492 e. The number of hydrogen-bond acceptors (Lipinski definition) is 3. The molecule has 0 aromatic carbocycles. The van der Waals surface area contributed by atoms with Crippen LogP contribution in [0.15, 0.2) is 23.0 Å². The predicted molar refractivity (Wildman–Crippen MR) is 57.3 cm³/mol. The maximum Gasteiger partial charge on any atom is 0.231 e. The van der Waals surface area contributed by atoms with Gasteiger partial charge in [-0.1, -0.05) is 25.8 Å². The Kier molecular flexibility index (Phi) is 3.83. The zero-order chi connectivity index (χ0) is 11.4. The van der Waals surface area contributed by atoms with Gasteiger partial charge in [0.05, 0.1) is 12.7 Å². The summed E-state index contributed by atoms with van der Waals surface area (Å²) in [5, 5.41) is 0. The molecule has 1 aliphatic carbocycles. The Bertz CT molecular complexity index is 348. The highest BCUT2D eigenvalue weighted by Crippen LogP contribution is 2.25. The number of rotatable bonds is 4. The van der Waals surface area contributed by atoms with E-state index in [9.17, 15) is 9.59 Å². The van der Waals surface area contributed by atoms with E-state index >= 15 is 0 Å². The van der Waals surface area contributed by atoms with Crippen LogP contribution in [0, 0.1) is 0 Å². The Hall–Kier alpha value is -1.38. The molecule has 0 bridgehead atoms. The van der Waals surface area contributed by atoms with Crippen molar-refractivity contribution in [2.24, 2.45) is 0 Å². The van der Waals surface area contributed by atoms with Crippen molar-refractivity contribution in [3.63, 3.8) is 0 Å². The summed E-state index contributed by atoms with van der Waals surface area (Å²) in [4.78, 5) is 23.3. The summed E-state index contributed by atoms with van der Waals surface area (Å²) >= 11 is 0. The van der Waals surface area contributed by atoms with Crippen molar-refractivity contribution in [3.8, 4) is 0 Å². The van der Waals surface area contributed by atoms with Gasteiger partial charge >= 0.3 is 0 Å². The van der Waals surface area contributed by atoms with E-state index in [0.29, 0.717) is 5.57 Å². The maximum absolute atomic E-state index is 11.7. The number of unbranched alkanes of at least 4 members (excludes halogenated alkanes) is 2. The molecule has 0 amide bonds. The topological polar surface area (TPSA) is 43.4 Å². The van der Waals surface area contributed by atoms with E-state index in [-0.39, 0.29) is 22.9 Å². The molecule has 0 saturated heterocycles. The lowest BCUT2D eigenvalue weighted by Gasteiger charge is -1.97. The summed E-state index contributed by atoms with van der Waals surface area (Å²) in [7, 11) is 1.42. The van der Waals surface area contributed by atoms with Gasteiger partial charge in [-0.15, -0.1) is 0 Å². The van der Waals surface area contributed by atoms with Crippen LogP contribution < -0.4 is 0 Å². The van der Waals surface area contributed by atoms with E-state index in [1.807, 2.05) is 0 Å². The Labute approximate surface area is 89.8 Å². The molecule has 1 rings (SSSR count). The van der Waals surface area contributed by atoms with Gasteiger partial charge in [0.25, 0.3) is 0 Å². The van der Waals surface area contributed by atoms with Gasteiger partial charge in [-0.25, -0.2) is 0 Å². The molecule has 0 heterocycles. The van der Waals surface area contributed by atoms with Gasteiger partial charge < -0.3 is 4.74 Å². The summed E-state index contributed by atoms with van der Waals surface area (Å²) in [6.07, 6.45) is 4.54. The van der Waals surface area contributed by atoms with Crippen molar-refractivity contribution >= 4 is 11.6 Å². The highest BCUT2D eigenvalue weighted by Gasteiger charge is 2.33. The fourth-order valence-electron chi connectivity index (χ4n) is 1.58. The molecule has 0 fully saturated rings. The first-order valence-electron chi connectivity index (χ1n) is 5.17. The third-order valence-corrected chi connectivity index (χ3v) is 2.49. The third kappa shape index (κ3) is 2.17. The lowest BCUT2D eigenvalue weighted by atomic mass is 10.1. The van der Waals surface area contributed by atoms with Crippen LogP contribution in [0.5, 0.6) is 0 Å². The summed E-state index contributed by atoms with van der Waals surface area (Å²) in [5.41, 5.74) is 0.697. The lowest BCUT2D eigenvalue weighted by Crippen LogP contribution is -2.04. The average molecular weight is 208 g/mol. The van der Waals surface area contributed by atoms with E-state index < -0.39 is 0 Å². The molecule has 0 unspecified atom stereocenters. The Morgan fingerprint density at radius 3 is 2.40 bits per heavy atom. The smallest absolute Gasteiger partial charge is 0.231 e. The zero-order valence-electron chi connectivity index (χ0n) is 9.42. The molecular formula is C12H16O3. The van der Waals surface area contributed by atoms with E-state index in [4.69, 9.17) is 4.74 Å². The van der Waals surface area contributed by atoms with Gasteiger partial charge in [0, 0.05) is 5.57 Å². The van der Waals surface area contributed by atoms with Crippen LogP contribution in [-0.4, -0.2) is 18.7 Å². The van der Waals surface area contributed by atoms with E-state index in [1.165, 1.54) is 7.11 Å². The summed E-state index contributed by atoms with van der Waals surface area (Å²) in [6.45, 7) is 3.70.